The molecule has 1 aromatic heterocycles. The number of hydrogen-bond acceptors (Lipinski definition) is 3. The van der Waals surface area contributed by atoms with Crippen molar-refractivity contribution in [2.75, 3.05) is 0 Å². The van der Waals surface area contributed by atoms with E-state index < -0.39 is 0 Å². The standard InChI is InChI=1S/C22H16Cl2FN3S/c1-14-4-2-3-5-20(14)28-21(15-7-10-18(25)11-8-15)26-27-22(28)29-13-16-6-9-17(23)12-19(16)24/h2-12H,13H2,1H3. The number of nitrogens with zero attached hydrogens (tertiary/aromatic N) is 3. The summed E-state index contributed by atoms with van der Waals surface area (Å²) in [5.41, 5.74) is 3.81. The summed E-state index contributed by atoms with van der Waals surface area (Å²) in [6.07, 6.45) is 0. The van der Waals surface area contributed by atoms with Crippen molar-refractivity contribution in [1.82, 2.24) is 14.8 Å². The van der Waals surface area contributed by atoms with E-state index in [2.05, 4.69) is 10.2 Å². The number of benzene rings is 3. The fourth-order valence-corrected chi connectivity index (χ4v) is 4.47. The maximum absolute atomic E-state index is 13.4. The molecule has 0 atom stereocenters. The average Bonchev–Trinajstić information content (AvgIpc) is 3.12. The highest BCUT2D eigenvalue weighted by Gasteiger charge is 2.18. The van der Waals surface area contributed by atoms with Gasteiger partial charge < -0.3 is 0 Å². The van der Waals surface area contributed by atoms with Gasteiger partial charge in [0.05, 0.1) is 5.69 Å². The van der Waals surface area contributed by atoms with E-state index in [4.69, 9.17) is 23.2 Å². The van der Waals surface area contributed by atoms with Crippen LogP contribution in [0, 0.1) is 12.7 Å². The van der Waals surface area contributed by atoms with Crippen LogP contribution in [0.4, 0.5) is 4.39 Å². The van der Waals surface area contributed by atoms with E-state index >= 15 is 0 Å². The summed E-state index contributed by atoms with van der Waals surface area (Å²) in [4.78, 5) is 0. The molecule has 0 amide bonds. The predicted molar refractivity (Wildman–Crippen MR) is 118 cm³/mol. The van der Waals surface area contributed by atoms with Crippen LogP contribution < -0.4 is 0 Å². The zero-order chi connectivity index (χ0) is 20.4. The second-order valence-electron chi connectivity index (χ2n) is 6.46. The first-order valence-corrected chi connectivity index (χ1v) is 10.6. The van der Waals surface area contributed by atoms with Crippen LogP contribution >= 0.6 is 35.0 Å². The van der Waals surface area contributed by atoms with Gasteiger partial charge in [-0.3, -0.25) is 4.57 Å². The fourth-order valence-electron chi connectivity index (χ4n) is 2.96. The van der Waals surface area contributed by atoms with Crippen LogP contribution in [0.3, 0.4) is 0 Å². The van der Waals surface area contributed by atoms with Crippen LogP contribution in [0.1, 0.15) is 11.1 Å². The molecule has 0 aliphatic rings. The fraction of sp³-hybridized carbons (Fsp3) is 0.0909. The summed E-state index contributed by atoms with van der Waals surface area (Å²) < 4.78 is 15.4. The summed E-state index contributed by atoms with van der Waals surface area (Å²) in [5, 5.41) is 10.8. The molecule has 0 spiro atoms. The molecule has 0 bridgehead atoms. The normalized spacial score (nSPS) is 11.0. The smallest absolute Gasteiger partial charge is 0.196 e. The number of aryl methyl sites for hydroxylation is 1. The van der Waals surface area contributed by atoms with Gasteiger partial charge in [-0.25, -0.2) is 4.39 Å². The first kappa shape index (κ1) is 20.0. The summed E-state index contributed by atoms with van der Waals surface area (Å²) in [5.74, 6) is 0.982. The summed E-state index contributed by atoms with van der Waals surface area (Å²) in [7, 11) is 0. The van der Waals surface area contributed by atoms with Crippen LogP contribution in [0.2, 0.25) is 10.0 Å². The third-order valence-corrected chi connectivity index (χ3v) is 6.03. The van der Waals surface area contributed by atoms with Crippen LogP contribution in [0.15, 0.2) is 71.9 Å². The second kappa shape index (κ2) is 8.57. The summed E-state index contributed by atoms with van der Waals surface area (Å²) >= 11 is 13.8. The third-order valence-electron chi connectivity index (χ3n) is 4.46. The Kier molecular flexibility index (Phi) is 5.90. The van der Waals surface area contributed by atoms with E-state index in [0.29, 0.717) is 21.6 Å². The Hall–Kier alpha value is -2.34. The van der Waals surface area contributed by atoms with Gasteiger partial charge in [0.15, 0.2) is 11.0 Å². The molecule has 0 saturated heterocycles. The van der Waals surface area contributed by atoms with Gasteiger partial charge in [-0.1, -0.05) is 59.2 Å². The van der Waals surface area contributed by atoms with Crippen molar-refractivity contribution in [1.29, 1.82) is 0 Å². The molecule has 29 heavy (non-hydrogen) atoms. The topological polar surface area (TPSA) is 30.7 Å². The Morgan fingerprint density at radius 2 is 1.72 bits per heavy atom. The molecule has 0 N–H and O–H groups in total. The largest absolute Gasteiger partial charge is 0.270 e. The highest BCUT2D eigenvalue weighted by atomic mass is 35.5. The Morgan fingerprint density at radius 3 is 2.45 bits per heavy atom. The van der Waals surface area contributed by atoms with Crippen LogP contribution in [0.5, 0.6) is 0 Å². The van der Waals surface area contributed by atoms with Gasteiger partial charge in [-0.15, -0.1) is 10.2 Å². The van der Waals surface area contributed by atoms with Crippen LogP contribution in [-0.2, 0) is 5.75 Å². The Labute approximate surface area is 182 Å². The number of thioether (sulfide) groups is 1. The summed E-state index contributed by atoms with van der Waals surface area (Å²) in [6, 6.07) is 19.7. The van der Waals surface area contributed by atoms with E-state index in [1.54, 1.807) is 18.2 Å². The first-order valence-electron chi connectivity index (χ1n) is 8.87. The SMILES string of the molecule is Cc1ccccc1-n1c(SCc2ccc(Cl)cc2Cl)nnc1-c1ccc(F)cc1. The molecule has 3 nitrogen and oxygen atoms in total. The molecule has 0 fully saturated rings. The lowest BCUT2D eigenvalue weighted by Gasteiger charge is -2.13. The molecule has 0 aliphatic heterocycles. The molecule has 1 heterocycles. The van der Waals surface area contributed by atoms with Crippen molar-refractivity contribution in [2.24, 2.45) is 0 Å². The lowest BCUT2D eigenvalue weighted by molar-refractivity contribution is 0.628. The number of para-hydroxylation sites is 1. The number of aromatic nitrogens is 3. The van der Waals surface area contributed by atoms with Crippen molar-refractivity contribution < 1.29 is 4.39 Å². The molecule has 4 aromatic rings. The van der Waals surface area contributed by atoms with Crippen molar-refractivity contribution in [3.8, 4) is 17.1 Å². The van der Waals surface area contributed by atoms with Crippen molar-refractivity contribution in [3.05, 3.63) is 93.7 Å². The van der Waals surface area contributed by atoms with Gasteiger partial charge in [0.1, 0.15) is 5.82 Å². The van der Waals surface area contributed by atoms with E-state index in [9.17, 15) is 4.39 Å². The maximum atomic E-state index is 13.4. The van der Waals surface area contributed by atoms with Crippen molar-refractivity contribution in [2.45, 2.75) is 17.8 Å². The zero-order valence-corrected chi connectivity index (χ0v) is 17.8. The average molecular weight is 444 g/mol. The molecule has 0 aliphatic carbocycles. The Balaban J connectivity index is 1.76. The van der Waals surface area contributed by atoms with Gasteiger partial charge in [-0.2, -0.15) is 0 Å². The molecule has 7 heteroatoms. The first-order chi connectivity index (χ1) is 14.0. The van der Waals surface area contributed by atoms with Gasteiger partial charge in [0.2, 0.25) is 0 Å². The molecule has 0 unspecified atom stereocenters. The van der Waals surface area contributed by atoms with E-state index in [0.717, 1.165) is 27.5 Å². The van der Waals surface area contributed by atoms with Gasteiger partial charge in [0.25, 0.3) is 0 Å². The van der Waals surface area contributed by atoms with Crippen molar-refractivity contribution >= 4 is 35.0 Å². The van der Waals surface area contributed by atoms with E-state index in [1.165, 1.54) is 23.9 Å². The van der Waals surface area contributed by atoms with E-state index in [-0.39, 0.29) is 5.82 Å². The van der Waals surface area contributed by atoms with Gasteiger partial charge >= 0.3 is 0 Å². The zero-order valence-electron chi connectivity index (χ0n) is 15.4. The Morgan fingerprint density at radius 1 is 0.966 bits per heavy atom. The highest BCUT2D eigenvalue weighted by molar-refractivity contribution is 7.98. The second-order valence-corrected chi connectivity index (χ2v) is 8.25. The van der Waals surface area contributed by atoms with Crippen molar-refractivity contribution in [3.63, 3.8) is 0 Å². The molecular formula is C22H16Cl2FN3S. The minimum atomic E-state index is -0.289. The monoisotopic (exact) mass is 443 g/mol. The highest BCUT2D eigenvalue weighted by Crippen LogP contribution is 2.33. The molecule has 146 valence electrons. The van der Waals surface area contributed by atoms with E-state index in [1.807, 2.05) is 47.9 Å². The molecule has 0 radical (unpaired) electrons. The lowest BCUT2D eigenvalue weighted by atomic mass is 10.1. The number of rotatable bonds is 5. The Bertz CT molecular complexity index is 1160. The molecule has 4 rings (SSSR count). The molecule has 3 aromatic carbocycles. The molecule has 0 saturated carbocycles. The van der Waals surface area contributed by atoms with Gasteiger partial charge in [-0.05, 0) is 60.5 Å². The summed E-state index contributed by atoms with van der Waals surface area (Å²) in [6.45, 7) is 2.04. The number of hydrogen-bond donors (Lipinski definition) is 0. The lowest BCUT2D eigenvalue weighted by Crippen LogP contribution is -2.02. The van der Waals surface area contributed by atoms with Crippen LogP contribution in [0.25, 0.3) is 17.1 Å². The third kappa shape index (κ3) is 4.32. The minimum Gasteiger partial charge on any atom is -0.270 e. The van der Waals surface area contributed by atoms with Gasteiger partial charge in [0, 0.05) is 21.4 Å². The molecular weight excluding hydrogens is 428 g/mol. The number of halogens is 3. The quantitative estimate of drug-likeness (QED) is 0.311. The maximum Gasteiger partial charge on any atom is 0.196 e. The minimum absolute atomic E-state index is 0.289. The predicted octanol–water partition coefficient (Wildman–Crippen LogP) is 6.98. The van der Waals surface area contributed by atoms with Crippen LogP contribution in [-0.4, -0.2) is 14.8 Å².